The fraction of sp³-hybridized carbons (Fsp3) is 0.250. The quantitative estimate of drug-likeness (QED) is 0.649. The smallest absolute Gasteiger partial charge is 0.162 e. The zero-order valence-electron chi connectivity index (χ0n) is 11.4. The van der Waals surface area contributed by atoms with Gasteiger partial charge in [0.2, 0.25) is 0 Å². The van der Waals surface area contributed by atoms with E-state index in [9.17, 15) is 8.78 Å². The highest BCUT2D eigenvalue weighted by Gasteiger charge is 2.17. The standard InChI is InChI=1S/C16H18F2N2/c1-2-11-6-3-4-8-13(11)15(20-19)10-12-7-5-9-14(17)16(12)18/h3-9,15,20H,2,10,19H2,1H3. The maximum atomic E-state index is 13.8. The van der Waals surface area contributed by atoms with E-state index in [1.165, 1.54) is 6.07 Å². The number of nitrogens with two attached hydrogens (primary N) is 1. The summed E-state index contributed by atoms with van der Waals surface area (Å²) in [5, 5.41) is 0. The van der Waals surface area contributed by atoms with E-state index < -0.39 is 11.6 Å². The highest BCUT2D eigenvalue weighted by atomic mass is 19.2. The molecule has 0 spiro atoms. The fourth-order valence-electron chi connectivity index (χ4n) is 2.38. The van der Waals surface area contributed by atoms with Crippen molar-refractivity contribution in [3.05, 3.63) is 70.8 Å². The van der Waals surface area contributed by atoms with E-state index in [1.54, 1.807) is 6.07 Å². The molecule has 0 saturated carbocycles. The van der Waals surface area contributed by atoms with Crippen LogP contribution < -0.4 is 11.3 Å². The summed E-state index contributed by atoms with van der Waals surface area (Å²) in [6.07, 6.45) is 1.16. The normalized spacial score (nSPS) is 12.4. The summed E-state index contributed by atoms with van der Waals surface area (Å²) in [4.78, 5) is 0. The lowest BCUT2D eigenvalue weighted by atomic mass is 9.94. The highest BCUT2D eigenvalue weighted by Crippen LogP contribution is 2.24. The molecule has 2 aromatic carbocycles. The largest absolute Gasteiger partial charge is 0.271 e. The van der Waals surface area contributed by atoms with Crippen molar-refractivity contribution in [1.29, 1.82) is 0 Å². The molecule has 3 N–H and O–H groups in total. The van der Waals surface area contributed by atoms with Gasteiger partial charge in [-0.25, -0.2) is 8.78 Å². The number of hydrazine groups is 1. The van der Waals surface area contributed by atoms with Crippen molar-refractivity contribution in [2.24, 2.45) is 5.84 Å². The molecule has 0 aliphatic carbocycles. The van der Waals surface area contributed by atoms with Gasteiger partial charge in [0.1, 0.15) is 0 Å². The van der Waals surface area contributed by atoms with Crippen LogP contribution in [0.25, 0.3) is 0 Å². The Balaban J connectivity index is 2.31. The van der Waals surface area contributed by atoms with Gasteiger partial charge in [0.25, 0.3) is 0 Å². The molecule has 0 aliphatic heterocycles. The first-order valence-corrected chi connectivity index (χ1v) is 6.64. The molecule has 4 heteroatoms. The molecule has 1 atom stereocenters. The summed E-state index contributed by atoms with van der Waals surface area (Å²) in [6.45, 7) is 2.05. The maximum Gasteiger partial charge on any atom is 0.162 e. The summed E-state index contributed by atoms with van der Waals surface area (Å²) in [7, 11) is 0. The van der Waals surface area contributed by atoms with E-state index in [2.05, 4.69) is 12.3 Å². The topological polar surface area (TPSA) is 38.0 Å². The Bertz CT molecular complexity index is 584. The van der Waals surface area contributed by atoms with E-state index in [0.29, 0.717) is 12.0 Å². The molecule has 0 aromatic heterocycles. The predicted molar refractivity (Wildman–Crippen MR) is 75.9 cm³/mol. The van der Waals surface area contributed by atoms with Gasteiger partial charge in [-0.1, -0.05) is 43.3 Å². The first-order valence-electron chi connectivity index (χ1n) is 6.64. The number of aryl methyl sites for hydroxylation is 1. The van der Waals surface area contributed by atoms with Gasteiger partial charge in [0.05, 0.1) is 6.04 Å². The lowest BCUT2D eigenvalue weighted by Crippen LogP contribution is -2.30. The Morgan fingerprint density at radius 3 is 2.45 bits per heavy atom. The first kappa shape index (κ1) is 14.6. The summed E-state index contributed by atoms with van der Waals surface area (Å²) < 4.78 is 27.0. The predicted octanol–water partition coefficient (Wildman–Crippen LogP) is 3.27. The van der Waals surface area contributed by atoms with Crippen LogP contribution in [0.5, 0.6) is 0 Å². The Labute approximate surface area is 117 Å². The second kappa shape index (κ2) is 6.59. The molecular formula is C16H18F2N2. The summed E-state index contributed by atoms with van der Waals surface area (Å²) in [5.41, 5.74) is 5.18. The van der Waals surface area contributed by atoms with Gasteiger partial charge in [-0.15, -0.1) is 0 Å². The van der Waals surface area contributed by atoms with Crippen LogP contribution >= 0.6 is 0 Å². The number of rotatable bonds is 5. The molecule has 2 rings (SSSR count). The Morgan fingerprint density at radius 1 is 1.05 bits per heavy atom. The number of hydrogen-bond donors (Lipinski definition) is 2. The van der Waals surface area contributed by atoms with Gasteiger partial charge in [0, 0.05) is 0 Å². The average Bonchev–Trinajstić information content (AvgIpc) is 2.49. The lowest BCUT2D eigenvalue weighted by Gasteiger charge is -2.20. The zero-order chi connectivity index (χ0) is 14.5. The summed E-state index contributed by atoms with van der Waals surface area (Å²) in [6, 6.07) is 11.8. The Morgan fingerprint density at radius 2 is 1.75 bits per heavy atom. The van der Waals surface area contributed by atoms with Crippen molar-refractivity contribution in [1.82, 2.24) is 5.43 Å². The molecule has 0 saturated heterocycles. The average molecular weight is 276 g/mol. The highest BCUT2D eigenvalue weighted by molar-refractivity contribution is 5.32. The van der Waals surface area contributed by atoms with Crippen molar-refractivity contribution in [2.45, 2.75) is 25.8 Å². The van der Waals surface area contributed by atoms with Crippen LogP contribution in [-0.4, -0.2) is 0 Å². The molecule has 0 amide bonds. The van der Waals surface area contributed by atoms with Gasteiger partial charge < -0.3 is 0 Å². The minimum Gasteiger partial charge on any atom is -0.271 e. The van der Waals surface area contributed by atoms with Gasteiger partial charge in [-0.2, -0.15) is 0 Å². The lowest BCUT2D eigenvalue weighted by molar-refractivity contribution is 0.480. The molecule has 2 aromatic rings. The third-order valence-corrected chi connectivity index (χ3v) is 3.47. The number of nitrogens with one attached hydrogen (secondary N) is 1. The molecule has 2 nitrogen and oxygen atoms in total. The van der Waals surface area contributed by atoms with E-state index in [1.807, 2.05) is 24.3 Å². The molecule has 106 valence electrons. The first-order chi connectivity index (χ1) is 9.67. The SMILES string of the molecule is CCc1ccccc1C(Cc1cccc(F)c1F)NN. The van der Waals surface area contributed by atoms with Crippen LogP contribution in [0.15, 0.2) is 42.5 Å². The number of halogens is 2. The van der Waals surface area contributed by atoms with Gasteiger partial charge in [-0.3, -0.25) is 11.3 Å². The van der Waals surface area contributed by atoms with Crippen LogP contribution in [0.2, 0.25) is 0 Å². The van der Waals surface area contributed by atoms with Crippen molar-refractivity contribution in [2.75, 3.05) is 0 Å². The number of hydrogen-bond acceptors (Lipinski definition) is 2. The van der Waals surface area contributed by atoms with Crippen LogP contribution in [0.3, 0.4) is 0 Å². The van der Waals surface area contributed by atoms with Gasteiger partial charge in [-0.05, 0) is 35.6 Å². The summed E-state index contributed by atoms with van der Waals surface area (Å²) >= 11 is 0. The second-order valence-corrected chi connectivity index (χ2v) is 4.69. The van der Waals surface area contributed by atoms with E-state index in [4.69, 9.17) is 5.84 Å². The molecule has 0 aliphatic rings. The molecule has 20 heavy (non-hydrogen) atoms. The molecular weight excluding hydrogens is 258 g/mol. The van der Waals surface area contributed by atoms with Crippen LogP contribution in [0.4, 0.5) is 8.78 Å². The zero-order valence-corrected chi connectivity index (χ0v) is 11.4. The van der Waals surface area contributed by atoms with Crippen molar-refractivity contribution in [3.8, 4) is 0 Å². The maximum absolute atomic E-state index is 13.8. The van der Waals surface area contributed by atoms with Gasteiger partial charge >= 0.3 is 0 Å². The van der Waals surface area contributed by atoms with E-state index in [-0.39, 0.29) is 6.04 Å². The Kier molecular flexibility index (Phi) is 4.82. The molecule has 0 radical (unpaired) electrons. The van der Waals surface area contributed by atoms with Crippen molar-refractivity contribution < 1.29 is 8.78 Å². The van der Waals surface area contributed by atoms with Crippen molar-refractivity contribution >= 4 is 0 Å². The number of benzene rings is 2. The third-order valence-electron chi connectivity index (χ3n) is 3.47. The molecule has 0 fully saturated rings. The fourth-order valence-corrected chi connectivity index (χ4v) is 2.38. The Hall–Kier alpha value is -1.78. The van der Waals surface area contributed by atoms with Crippen molar-refractivity contribution in [3.63, 3.8) is 0 Å². The molecule has 1 unspecified atom stereocenters. The van der Waals surface area contributed by atoms with E-state index in [0.717, 1.165) is 23.6 Å². The second-order valence-electron chi connectivity index (χ2n) is 4.69. The van der Waals surface area contributed by atoms with E-state index >= 15 is 0 Å². The summed E-state index contributed by atoms with van der Waals surface area (Å²) in [5.74, 6) is 3.96. The minimum atomic E-state index is -0.831. The molecule has 0 heterocycles. The molecule has 0 bridgehead atoms. The minimum absolute atomic E-state index is 0.248. The van der Waals surface area contributed by atoms with Gasteiger partial charge in [0.15, 0.2) is 11.6 Å². The van der Waals surface area contributed by atoms with Crippen LogP contribution in [-0.2, 0) is 12.8 Å². The van der Waals surface area contributed by atoms with Crippen LogP contribution in [0.1, 0.15) is 29.7 Å². The monoisotopic (exact) mass is 276 g/mol. The van der Waals surface area contributed by atoms with Crippen LogP contribution in [0, 0.1) is 11.6 Å². The third kappa shape index (κ3) is 3.03.